The molecule has 0 saturated heterocycles. The highest BCUT2D eigenvalue weighted by Gasteiger charge is 2.13. The minimum absolute atomic E-state index is 0.0517. The highest BCUT2D eigenvalue weighted by molar-refractivity contribution is 5.31. The molecule has 0 atom stereocenters. The third kappa shape index (κ3) is 2.05. The minimum atomic E-state index is -2.50. The molecule has 0 aromatic carbocycles. The zero-order valence-electron chi connectivity index (χ0n) is 8.01. The molecule has 1 rings (SSSR count). The van der Waals surface area contributed by atoms with Gasteiger partial charge in [-0.2, -0.15) is 5.26 Å². The smallest absolute Gasteiger partial charge is 0.256 e. The molecule has 1 aromatic heterocycles. The number of hydrogen-bond acceptors (Lipinski definition) is 2. The maximum Gasteiger partial charge on any atom is 0.265 e. The average Bonchev–Trinajstić information content (AvgIpc) is 2.10. The molecule has 1 heterocycles. The fourth-order valence-electron chi connectivity index (χ4n) is 1.25. The molecule has 74 valence electrons. The van der Waals surface area contributed by atoms with Crippen molar-refractivity contribution in [2.45, 2.75) is 26.7 Å². The van der Waals surface area contributed by atoms with E-state index in [1.807, 2.05) is 6.07 Å². The Labute approximate surface area is 81.2 Å². The van der Waals surface area contributed by atoms with Crippen molar-refractivity contribution in [2.75, 3.05) is 0 Å². The number of nitriles is 1. The van der Waals surface area contributed by atoms with Crippen LogP contribution in [0, 0.1) is 25.2 Å². The molecule has 2 nitrogen and oxygen atoms in total. The van der Waals surface area contributed by atoms with Crippen LogP contribution in [0.5, 0.6) is 0 Å². The molecule has 0 amide bonds. The van der Waals surface area contributed by atoms with E-state index in [-0.39, 0.29) is 12.0 Å². The Morgan fingerprint density at radius 3 is 2.64 bits per heavy atom. The molecule has 0 aliphatic carbocycles. The summed E-state index contributed by atoms with van der Waals surface area (Å²) in [7, 11) is 0. The van der Waals surface area contributed by atoms with Gasteiger partial charge >= 0.3 is 0 Å². The Kier molecular flexibility index (Phi) is 3.13. The predicted octanol–water partition coefficient (Wildman–Crippen LogP) is 2.70. The number of rotatable bonds is 2. The van der Waals surface area contributed by atoms with Crippen LogP contribution in [-0.4, -0.2) is 4.98 Å². The zero-order chi connectivity index (χ0) is 10.7. The van der Waals surface area contributed by atoms with Crippen LogP contribution < -0.4 is 0 Å². The normalized spacial score (nSPS) is 10.3. The van der Waals surface area contributed by atoms with Crippen molar-refractivity contribution in [3.05, 3.63) is 28.6 Å². The molecular formula is C10H10F2N2. The SMILES string of the molecule is Cc1cc(C(F)F)c(C)nc1CC#N. The van der Waals surface area contributed by atoms with Crippen LogP contribution in [0.4, 0.5) is 8.78 Å². The molecule has 0 bridgehead atoms. The van der Waals surface area contributed by atoms with Crippen LogP contribution in [-0.2, 0) is 6.42 Å². The summed E-state index contributed by atoms with van der Waals surface area (Å²) >= 11 is 0. The van der Waals surface area contributed by atoms with Gasteiger partial charge in [-0.15, -0.1) is 0 Å². The van der Waals surface area contributed by atoms with E-state index in [4.69, 9.17) is 5.26 Å². The van der Waals surface area contributed by atoms with Crippen LogP contribution in [0.2, 0.25) is 0 Å². The van der Waals surface area contributed by atoms with Gasteiger partial charge in [0, 0.05) is 11.3 Å². The van der Waals surface area contributed by atoms with Crippen molar-refractivity contribution in [3.8, 4) is 6.07 Å². The fourth-order valence-corrected chi connectivity index (χ4v) is 1.25. The quantitative estimate of drug-likeness (QED) is 0.729. The van der Waals surface area contributed by atoms with Crippen molar-refractivity contribution in [1.29, 1.82) is 5.26 Å². The lowest BCUT2D eigenvalue weighted by atomic mass is 10.1. The highest BCUT2D eigenvalue weighted by atomic mass is 19.3. The van der Waals surface area contributed by atoms with Gasteiger partial charge in [0.2, 0.25) is 0 Å². The Morgan fingerprint density at radius 2 is 2.14 bits per heavy atom. The number of nitrogens with zero attached hydrogens (tertiary/aromatic N) is 2. The molecule has 0 aliphatic heterocycles. The van der Waals surface area contributed by atoms with E-state index < -0.39 is 6.43 Å². The second-order valence-electron chi connectivity index (χ2n) is 3.06. The summed E-state index contributed by atoms with van der Waals surface area (Å²) in [4.78, 5) is 3.98. The Balaban J connectivity index is 3.18. The number of aryl methyl sites for hydroxylation is 2. The highest BCUT2D eigenvalue weighted by Crippen LogP contribution is 2.23. The van der Waals surface area contributed by atoms with Crippen LogP contribution in [0.15, 0.2) is 6.07 Å². The first-order valence-corrected chi connectivity index (χ1v) is 4.18. The number of halogens is 2. The Hall–Kier alpha value is -1.50. The van der Waals surface area contributed by atoms with Crippen LogP contribution >= 0.6 is 0 Å². The van der Waals surface area contributed by atoms with Crippen molar-refractivity contribution in [3.63, 3.8) is 0 Å². The van der Waals surface area contributed by atoms with Gasteiger partial charge < -0.3 is 0 Å². The van der Waals surface area contributed by atoms with E-state index in [1.165, 1.54) is 13.0 Å². The molecule has 0 saturated carbocycles. The molecule has 0 fully saturated rings. The Morgan fingerprint density at radius 1 is 1.50 bits per heavy atom. The van der Waals surface area contributed by atoms with E-state index in [0.29, 0.717) is 17.0 Å². The minimum Gasteiger partial charge on any atom is -0.256 e. The van der Waals surface area contributed by atoms with Crippen molar-refractivity contribution in [1.82, 2.24) is 4.98 Å². The average molecular weight is 196 g/mol. The van der Waals surface area contributed by atoms with Crippen molar-refractivity contribution in [2.24, 2.45) is 0 Å². The summed E-state index contributed by atoms with van der Waals surface area (Å²) < 4.78 is 24.8. The number of pyridine rings is 1. The molecule has 0 N–H and O–H groups in total. The third-order valence-electron chi connectivity index (χ3n) is 2.03. The summed E-state index contributed by atoms with van der Waals surface area (Å²) in [5.41, 5.74) is 1.47. The standard InChI is InChI=1S/C10H10F2N2/c1-6-5-8(10(11)12)7(2)14-9(6)3-4-13/h5,10H,3H2,1-2H3. The molecule has 1 aromatic rings. The summed E-state index contributed by atoms with van der Waals surface area (Å²) in [6.07, 6.45) is -2.34. The number of alkyl halides is 2. The molecule has 0 radical (unpaired) electrons. The summed E-state index contributed by atoms with van der Waals surface area (Å²) in [6.45, 7) is 3.22. The Bertz CT molecular complexity index is 380. The van der Waals surface area contributed by atoms with E-state index in [9.17, 15) is 8.78 Å². The molecule has 0 unspecified atom stereocenters. The molecule has 0 spiro atoms. The van der Waals surface area contributed by atoms with Crippen LogP contribution in [0.1, 0.15) is 28.9 Å². The van der Waals surface area contributed by atoms with Gasteiger partial charge in [0.25, 0.3) is 6.43 Å². The summed E-state index contributed by atoms with van der Waals surface area (Å²) in [5.74, 6) is 0. The molecule has 4 heteroatoms. The van der Waals surface area contributed by atoms with E-state index >= 15 is 0 Å². The topological polar surface area (TPSA) is 36.7 Å². The summed E-state index contributed by atoms with van der Waals surface area (Å²) in [6, 6.07) is 3.35. The molecular weight excluding hydrogens is 186 g/mol. The van der Waals surface area contributed by atoms with Crippen molar-refractivity contribution >= 4 is 0 Å². The van der Waals surface area contributed by atoms with Gasteiger partial charge in [0.1, 0.15) is 0 Å². The van der Waals surface area contributed by atoms with Gasteiger partial charge in [-0.25, -0.2) is 8.78 Å². The summed E-state index contributed by atoms with van der Waals surface area (Å²) in [5, 5.41) is 8.48. The molecule has 14 heavy (non-hydrogen) atoms. The predicted molar refractivity (Wildman–Crippen MR) is 48.0 cm³/mol. The van der Waals surface area contributed by atoms with Gasteiger partial charge in [-0.3, -0.25) is 4.98 Å². The lowest BCUT2D eigenvalue weighted by molar-refractivity contribution is 0.150. The maximum absolute atomic E-state index is 12.4. The van der Waals surface area contributed by atoms with Gasteiger partial charge in [0.05, 0.1) is 18.2 Å². The second kappa shape index (κ2) is 4.14. The monoisotopic (exact) mass is 196 g/mol. The van der Waals surface area contributed by atoms with E-state index in [1.54, 1.807) is 6.92 Å². The van der Waals surface area contributed by atoms with Gasteiger partial charge in [0.15, 0.2) is 0 Å². The van der Waals surface area contributed by atoms with Crippen molar-refractivity contribution < 1.29 is 8.78 Å². The maximum atomic E-state index is 12.4. The third-order valence-corrected chi connectivity index (χ3v) is 2.03. The van der Waals surface area contributed by atoms with E-state index in [2.05, 4.69) is 4.98 Å². The van der Waals surface area contributed by atoms with E-state index in [0.717, 1.165) is 0 Å². The van der Waals surface area contributed by atoms with Gasteiger partial charge in [-0.05, 0) is 25.5 Å². The first-order valence-electron chi connectivity index (χ1n) is 4.18. The largest absolute Gasteiger partial charge is 0.265 e. The van der Waals surface area contributed by atoms with Crippen LogP contribution in [0.25, 0.3) is 0 Å². The zero-order valence-corrected chi connectivity index (χ0v) is 8.01. The number of hydrogen-bond donors (Lipinski definition) is 0. The lowest BCUT2D eigenvalue weighted by Gasteiger charge is -2.08. The first kappa shape index (κ1) is 10.6. The number of aromatic nitrogens is 1. The fraction of sp³-hybridized carbons (Fsp3) is 0.400. The van der Waals surface area contributed by atoms with Crippen LogP contribution in [0.3, 0.4) is 0 Å². The lowest BCUT2D eigenvalue weighted by Crippen LogP contribution is -2.00. The molecule has 0 aliphatic rings. The first-order chi connectivity index (χ1) is 6.56. The van der Waals surface area contributed by atoms with Gasteiger partial charge in [-0.1, -0.05) is 0 Å². The second-order valence-corrected chi connectivity index (χ2v) is 3.06.